The zero-order chi connectivity index (χ0) is 20.9. The van der Waals surface area contributed by atoms with E-state index in [0.29, 0.717) is 25.9 Å². The zero-order valence-corrected chi connectivity index (χ0v) is 16.7. The summed E-state index contributed by atoms with van der Waals surface area (Å²) < 4.78 is 6.17. The molecule has 0 fully saturated rings. The minimum Gasteiger partial charge on any atom is -0.453 e. The van der Waals surface area contributed by atoms with Crippen LogP contribution in [0.15, 0.2) is 54.6 Å². The van der Waals surface area contributed by atoms with E-state index in [2.05, 4.69) is 17.0 Å². The molecule has 3 rings (SSSR count). The van der Waals surface area contributed by atoms with Gasteiger partial charge in [0.25, 0.3) is 5.09 Å². The van der Waals surface area contributed by atoms with Crippen LogP contribution in [0.1, 0.15) is 36.0 Å². The highest BCUT2D eigenvalue weighted by Crippen LogP contribution is 2.50. The summed E-state index contributed by atoms with van der Waals surface area (Å²) in [5, 5.41) is 9.66. The quantitative estimate of drug-likeness (QED) is 0.366. The lowest BCUT2D eigenvalue weighted by atomic mass is 9.81. The highest BCUT2D eigenvalue weighted by molar-refractivity contribution is 5.70. The van der Waals surface area contributed by atoms with E-state index >= 15 is 0 Å². The van der Waals surface area contributed by atoms with Crippen LogP contribution in [-0.2, 0) is 26.4 Å². The second-order valence-electron chi connectivity index (χ2n) is 7.33. The number of esters is 1. The van der Waals surface area contributed by atoms with Crippen molar-refractivity contribution < 1.29 is 19.5 Å². The van der Waals surface area contributed by atoms with E-state index in [1.807, 2.05) is 54.4 Å². The number of fused-ring (bicyclic) bond motifs is 1. The molecule has 0 bridgehead atoms. The first-order chi connectivity index (χ1) is 14.0. The van der Waals surface area contributed by atoms with E-state index in [-0.39, 0.29) is 18.5 Å². The average molecular weight is 398 g/mol. The van der Waals surface area contributed by atoms with Crippen LogP contribution in [0.3, 0.4) is 0 Å². The molecule has 0 saturated carbocycles. The highest BCUT2D eigenvalue weighted by atomic mass is 16.9. The maximum atomic E-state index is 12.4. The monoisotopic (exact) mass is 398 g/mol. The van der Waals surface area contributed by atoms with Crippen molar-refractivity contribution in [2.75, 3.05) is 26.7 Å². The Hall–Kier alpha value is -2.93. The molecule has 0 N–H and O–H groups in total. The molecule has 2 aromatic carbocycles. The summed E-state index contributed by atoms with van der Waals surface area (Å²) >= 11 is 0. The number of rotatable bonds is 9. The van der Waals surface area contributed by atoms with Gasteiger partial charge in [-0.25, -0.2) is 0 Å². The van der Waals surface area contributed by atoms with Gasteiger partial charge in [0.05, 0.1) is 0 Å². The molecule has 7 heteroatoms. The fraction of sp³-hybridized carbons (Fsp3) is 0.409. The predicted octanol–water partition coefficient (Wildman–Crippen LogP) is 3.32. The van der Waals surface area contributed by atoms with Gasteiger partial charge >= 0.3 is 5.97 Å². The lowest BCUT2D eigenvalue weighted by molar-refractivity contribution is -0.757. The molecule has 154 valence electrons. The Labute approximate surface area is 170 Å². The largest absolute Gasteiger partial charge is 0.453 e. The van der Waals surface area contributed by atoms with Crippen molar-refractivity contribution in [1.82, 2.24) is 4.90 Å². The number of nitrogens with zero attached hydrogens (tertiary/aromatic N) is 2. The minimum absolute atomic E-state index is 0.00898. The molecule has 2 atom stereocenters. The second-order valence-corrected chi connectivity index (χ2v) is 7.33. The first-order valence-corrected chi connectivity index (χ1v) is 9.77. The fourth-order valence-corrected chi connectivity index (χ4v) is 4.08. The summed E-state index contributed by atoms with van der Waals surface area (Å²) in [5.41, 5.74) is 2.44. The van der Waals surface area contributed by atoms with Crippen molar-refractivity contribution in [3.8, 4) is 0 Å². The number of benzene rings is 2. The van der Waals surface area contributed by atoms with E-state index in [1.165, 1.54) is 0 Å². The molecule has 7 nitrogen and oxygen atoms in total. The lowest BCUT2D eigenvalue weighted by Crippen LogP contribution is -2.42. The zero-order valence-electron chi connectivity index (χ0n) is 16.7. The van der Waals surface area contributed by atoms with Gasteiger partial charge in [-0.1, -0.05) is 61.5 Å². The number of carbonyl (C=O) groups excluding carboxylic acids is 1. The molecule has 1 aliphatic rings. The summed E-state index contributed by atoms with van der Waals surface area (Å²) in [7, 11) is 1.89. The minimum atomic E-state index is -0.809. The summed E-state index contributed by atoms with van der Waals surface area (Å²) in [5.74, 6) is -0.344. The molecule has 0 aromatic heterocycles. The van der Waals surface area contributed by atoms with Crippen molar-refractivity contribution in [3.63, 3.8) is 0 Å². The van der Waals surface area contributed by atoms with Crippen LogP contribution in [-0.4, -0.2) is 42.7 Å². The van der Waals surface area contributed by atoms with Crippen molar-refractivity contribution in [2.45, 2.75) is 31.3 Å². The third-order valence-electron chi connectivity index (χ3n) is 5.46. The van der Waals surface area contributed by atoms with Gasteiger partial charge in [-0.3, -0.25) is 4.79 Å². The molecular weight excluding hydrogens is 372 g/mol. The van der Waals surface area contributed by atoms with Crippen LogP contribution in [0.2, 0.25) is 0 Å². The smallest absolute Gasteiger partial charge is 0.306 e. The van der Waals surface area contributed by atoms with E-state index in [9.17, 15) is 14.9 Å². The molecule has 0 radical (unpaired) electrons. The third kappa shape index (κ3) is 4.56. The van der Waals surface area contributed by atoms with Crippen molar-refractivity contribution in [3.05, 3.63) is 81.4 Å². The normalized spacial score (nSPS) is 20.3. The first-order valence-electron chi connectivity index (χ1n) is 9.77. The third-order valence-corrected chi connectivity index (χ3v) is 5.46. The number of likely N-dealkylation sites (N-methyl/N-ethyl adjacent to an activating group) is 1. The van der Waals surface area contributed by atoms with E-state index in [1.54, 1.807) is 6.92 Å². The number of hydrogen-bond donors (Lipinski definition) is 0. The molecule has 0 heterocycles. The van der Waals surface area contributed by atoms with Crippen LogP contribution < -0.4 is 0 Å². The van der Waals surface area contributed by atoms with Crippen LogP contribution >= 0.6 is 0 Å². The van der Waals surface area contributed by atoms with Crippen LogP contribution in [0.5, 0.6) is 0 Å². The lowest BCUT2D eigenvalue weighted by Gasteiger charge is -2.38. The fourth-order valence-electron chi connectivity index (χ4n) is 4.08. The maximum Gasteiger partial charge on any atom is 0.306 e. The Morgan fingerprint density at radius 2 is 1.90 bits per heavy atom. The number of ether oxygens (including phenoxy) is 1. The van der Waals surface area contributed by atoms with Crippen molar-refractivity contribution in [2.24, 2.45) is 0 Å². The van der Waals surface area contributed by atoms with Gasteiger partial charge in [0.15, 0.2) is 0 Å². The van der Waals surface area contributed by atoms with Gasteiger partial charge in [-0.2, -0.15) is 0 Å². The topological polar surface area (TPSA) is 81.9 Å². The molecule has 29 heavy (non-hydrogen) atoms. The Kier molecular flexibility index (Phi) is 6.49. The summed E-state index contributed by atoms with van der Waals surface area (Å²) in [6.45, 7) is 2.75. The van der Waals surface area contributed by atoms with E-state index in [0.717, 1.165) is 16.7 Å². The molecule has 1 aliphatic carbocycles. The maximum absolute atomic E-state index is 12.4. The Morgan fingerprint density at radius 1 is 1.21 bits per heavy atom. The van der Waals surface area contributed by atoms with E-state index in [4.69, 9.17) is 4.74 Å². The summed E-state index contributed by atoms with van der Waals surface area (Å²) in [6.07, 6.45) is 0.896. The number of hydrogen-bond acceptors (Lipinski definition) is 6. The Morgan fingerprint density at radius 3 is 2.59 bits per heavy atom. The van der Waals surface area contributed by atoms with Crippen LogP contribution in [0.4, 0.5) is 0 Å². The molecular formula is C22H26N2O5. The molecule has 0 saturated heterocycles. The molecule has 0 aliphatic heterocycles. The first kappa shape index (κ1) is 20.8. The molecule has 0 spiro atoms. The van der Waals surface area contributed by atoms with Crippen LogP contribution in [0, 0.1) is 10.1 Å². The molecule has 2 aromatic rings. The van der Waals surface area contributed by atoms with Crippen LogP contribution in [0.25, 0.3) is 0 Å². The van der Waals surface area contributed by atoms with Gasteiger partial charge in [0.1, 0.15) is 12.2 Å². The highest BCUT2D eigenvalue weighted by Gasteiger charge is 2.50. The van der Waals surface area contributed by atoms with E-state index < -0.39 is 10.7 Å². The SMILES string of the molecule is CCC(=O)O[C@]1(c2ccccc2)Cc2ccccc2[C@H]1CN(C)CCO[N+](=O)[O-]. The predicted molar refractivity (Wildman–Crippen MR) is 108 cm³/mol. The van der Waals surface area contributed by atoms with Crippen molar-refractivity contribution in [1.29, 1.82) is 0 Å². The molecule has 0 unspecified atom stereocenters. The summed E-state index contributed by atoms with van der Waals surface area (Å²) in [4.78, 5) is 29.3. The molecule has 0 amide bonds. The van der Waals surface area contributed by atoms with Crippen molar-refractivity contribution >= 4 is 5.97 Å². The van der Waals surface area contributed by atoms with Gasteiger partial charge in [0.2, 0.25) is 0 Å². The van der Waals surface area contributed by atoms with Gasteiger partial charge in [-0.05, 0) is 23.7 Å². The Bertz CT molecular complexity index is 857. The Balaban J connectivity index is 1.96. The second kappa shape index (κ2) is 9.05. The average Bonchev–Trinajstić information content (AvgIpc) is 3.02. The van der Waals surface area contributed by atoms with Gasteiger partial charge in [-0.15, -0.1) is 10.1 Å². The van der Waals surface area contributed by atoms with Gasteiger partial charge < -0.3 is 14.5 Å². The van der Waals surface area contributed by atoms with Gasteiger partial charge in [0, 0.05) is 31.8 Å². The number of carbonyl (C=O) groups is 1. The standard InChI is InChI=1S/C22H26N2O5/c1-3-21(25)29-22(18-10-5-4-6-11-18)15-17-9-7-8-12-19(17)20(22)16-23(2)13-14-28-24(26)27/h4-12,20H,3,13-16H2,1-2H3/t20-,22+/m1/s1. The summed E-state index contributed by atoms with van der Waals surface area (Å²) in [6, 6.07) is 18.0.